The van der Waals surface area contributed by atoms with Crippen molar-refractivity contribution in [3.05, 3.63) is 63.6 Å². The van der Waals surface area contributed by atoms with E-state index in [2.05, 4.69) is 4.98 Å². The molecule has 2 fully saturated rings. The summed E-state index contributed by atoms with van der Waals surface area (Å²) in [6.45, 7) is 3.23. The Morgan fingerprint density at radius 3 is 2.52 bits per heavy atom. The van der Waals surface area contributed by atoms with Crippen molar-refractivity contribution in [2.45, 2.75) is 63.8 Å². The summed E-state index contributed by atoms with van der Waals surface area (Å²) < 4.78 is 58.5. The molecule has 0 atom stereocenters. The van der Waals surface area contributed by atoms with Gasteiger partial charge in [-0.1, -0.05) is 0 Å². The third-order valence-corrected chi connectivity index (χ3v) is 8.77. The highest BCUT2D eigenvalue weighted by atomic mass is 19.4. The van der Waals surface area contributed by atoms with Crippen LogP contribution in [0.4, 0.5) is 18.0 Å². The standard InChI is InChI=1S/C33H39F3N4O6/c1-32(11-12-32)46-31(43)40-14-9-21(10-15-40)7-6-16-45-27-25-8-5-13-37-28(25)39(3)30(42)26(27)29(41)38(2)20-22-17-23(33(34,35)36)19-24(18-22)44-4/h5,8,13,17-19,21H,6-7,9-12,14-16,20H2,1-4H3. The van der Waals surface area contributed by atoms with Crippen LogP contribution in [0, 0.1) is 5.92 Å². The highest BCUT2D eigenvalue weighted by Crippen LogP contribution is 2.39. The van der Waals surface area contributed by atoms with Crippen LogP contribution in [0.15, 0.2) is 41.3 Å². The van der Waals surface area contributed by atoms with Crippen LogP contribution >= 0.6 is 0 Å². The molecule has 2 aliphatic rings. The molecular weight excluding hydrogens is 605 g/mol. The first-order chi connectivity index (χ1) is 21.8. The van der Waals surface area contributed by atoms with E-state index in [9.17, 15) is 27.6 Å². The van der Waals surface area contributed by atoms with Gasteiger partial charge in [-0.05, 0) is 87.3 Å². The van der Waals surface area contributed by atoms with E-state index in [1.165, 1.54) is 42.9 Å². The average molecular weight is 645 g/mol. The number of methoxy groups -OCH3 is 1. The quantitative estimate of drug-likeness (QED) is 0.257. The van der Waals surface area contributed by atoms with Crippen LogP contribution in [0.25, 0.3) is 11.0 Å². The Morgan fingerprint density at radius 1 is 1.15 bits per heavy atom. The second-order valence-corrected chi connectivity index (χ2v) is 12.4. The van der Waals surface area contributed by atoms with Gasteiger partial charge in [-0.15, -0.1) is 0 Å². The number of amides is 2. The van der Waals surface area contributed by atoms with Crippen LogP contribution in [0.2, 0.25) is 0 Å². The van der Waals surface area contributed by atoms with E-state index >= 15 is 0 Å². The van der Waals surface area contributed by atoms with Crippen molar-refractivity contribution >= 4 is 23.0 Å². The third kappa shape index (κ3) is 7.39. The SMILES string of the molecule is COc1cc(CN(C)C(=O)c2c(OCCCC3CCN(C(=O)OC4(C)CC4)CC3)c3cccnc3n(C)c2=O)cc(C(F)(F)F)c1. The van der Waals surface area contributed by atoms with E-state index < -0.39 is 23.2 Å². The third-order valence-electron chi connectivity index (χ3n) is 8.77. The Labute approximate surface area is 265 Å². The molecular formula is C33H39F3N4O6. The minimum Gasteiger partial charge on any atom is -0.497 e. The first-order valence-electron chi connectivity index (χ1n) is 15.4. The van der Waals surface area contributed by atoms with Gasteiger partial charge in [0.1, 0.15) is 28.3 Å². The number of aromatic nitrogens is 2. The fourth-order valence-corrected chi connectivity index (χ4v) is 5.75. The molecule has 10 nitrogen and oxygen atoms in total. The summed E-state index contributed by atoms with van der Waals surface area (Å²) in [6, 6.07) is 6.64. The zero-order valence-electron chi connectivity index (χ0n) is 26.5. The van der Waals surface area contributed by atoms with E-state index in [0.717, 1.165) is 44.2 Å². The monoisotopic (exact) mass is 644 g/mol. The molecule has 0 spiro atoms. The number of carbonyl (C=O) groups is 2. The van der Waals surface area contributed by atoms with Crippen LogP contribution in [-0.2, 0) is 24.5 Å². The van der Waals surface area contributed by atoms with Crippen molar-refractivity contribution in [3.8, 4) is 11.5 Å². The maximum atomic E-state index is 13.8. The van der Waals surface area contributed by atoms with E-state index in [1.807, 2.05) is 6.92 Å². The van der Waals surface area contributed by atoms with Gasteiger partial charge in [0, 0.05) is 39.9 Å². The van der Waals surface area contributed by atoms with E-state index in [0.29, 0.717) is 36.5 Å². The molecule has 46 heavy (non-hydrogen) atoms. The summed E-state index contributed by atoms with van der Waals surface area (Å²) in [6.07, 6.45) is 1.67. The fraction of sp³-hybridized carbons (Fsp3) is 0.515. The molecule has 0 radical (unpaired) electrons. The molecule has 1 aliphatic heterocycles. The Bertz CT molecular complexity index is 1660. The van der Waals surface area contributed by atoms with Crippen molar-refractivity contribution in [1.29, 1.82) is 0 Å². The largest absolute Gasteiger partial charge is 0.497 e. The zero-order chi connectivity index (χ0) is 33.2. The van der Waals surface area contributed by atoms with Gasteiger partial charge in [0.2, 0.25) is 0 Å². The molecule has 2 amide bonds. The summed E-state index contributed by atoms with van der Waals surface area (Å²) in [5, 5.41) is 0.471. The second kappa shape index (κ2) is 13.2. The number of alkyl halides is 3. The molecule has 3 aromatic rings. The maximum absolute atomic E-state index is 13.8. The number of carbonyl (C=O) groups excluding carboxylic acids is 2. The number of hydrogen-bond donors (Lipinski definition) is 0. The summed E-state index contributed by atoms with van der Waals surface area (Å²) in [7, 11) is 4.18. The van der Waals surface area contributed by atoms with E-state index in [1.54, 1.807) is 17.0 Å². The van der Waals surface area contributed by atoms with Gasteiger partial charge in [-0.2, -0.15) is 13.2 Å². The molecule has 1 saturated heterocycles. The first-order valence-corrected chi connectivity index (χ1v) is 15.4. The van der Waals surface area contributed by atoms with Gasteiger partial charge in [-0.3, -0.25) is 14.2 Å². The van der Waals surface area contributed by atoms with Gasteiger partial charge in [-0.25, -0.2) is 9.78 Å². The molecule has 13 heteroatoms. The highest BCUT2D eigenvalue weighted by molar-refractivity contribution is 6.01. The lowest BCUT2D eigenvalue weighted by molar-refractivity contribution is -0.137. The number of likely N-dealkylation sites (tertiary alicyclic amines) is 1. The number of hydrogen-bond acceptors (Lipinski definition) is 7. The highest BCUT2D eigenvalue weighted by Gasteiger charge is 2.43. The lowest BCUT2D eigenvalue weighted by Gasteiger charge is -2.32. The second-order valence-electron chi connectivity index (χ2n) is 12.4. The predicted octanol–water partition coefficient (Wildman–Crippen LogP) is 5.79. The zero-order valence-corrected chi connectivity index (χ0v) is 26.5. The van der Waals surface area contributed by atoms with Crippen molar-refractivity contribution < 1.29 is 37.0 Å². The molecule has 0 N–H and O–H groups in total. The molecule has 1 saturated carbocycles. The lowest BCUT2D eigenvalue weighted by Crippen LogP contribution is -2.40. The number of piperidine rings is 1. The molecule has 1 aromatic carbocycles. The number of halogens is 3. The number of aryl methyl sites for hydroxylation is 1. The van der Waals surface area contributed by atoms with Crippen LogP contribution in [0.3, 0.4) is 0 Å². The number of ether oxygens (including phenoxy) is 3. The van der Waals surface area contributed by atoms with Gasteiger partial charge >= 0.3 is 12.3 Å². The lowest BCUT2D eigenvalue weighted by atomic mass is 9.92. The van der Waals surface area contributed by atoms with Crippen molar-refractivity contribution in [3.63, 3.8) is 0 Å². The molecule has 1 aliphatic carbocycles. The minimum absolute atomic E-state index is 0.000559. The summed E-state index contributed by atoms with van der Waals surface area (Å²) in [4.78, 5) is 47.0. The summed E-state index contributed by atoms with van der Waals surface area (Å²) >= 11 is 0. The minimum atomic E-state index is -4.61. The number of nitrogens with zero attached hydrogens (tertiary/aromatic N) is 4. The summed E-state index contributed by atoms with van der Waals surface area (Å²) in [5.41, 5.74) is -1.53. The maximum Gasteiger partial charge on any atom is 0.416 e. The summed E-state index contributed by atoms with van der Waals surface area (Å²) in [5.74, 6) is -0.212. The van der Waals surface area contributed by atoms with E-state index in [-0.39, 0.29) is 47.5 Å². The van der Waals surface area contributed by atoms with Crippen molar-refractivity contribution in [2.24, 2.45) is 13.0 Å². The predicted molar refractivity (Wildman–Crippen MR) is 164 cm³/mol. The average Bonchev–Trinajstić information content (AvgIpc) is 3.76. The normalized spacial score (nSPS) is 16.3. The van der Waals surface area contributed by atoms with Gasteiger partial charge in [0.05, 0.1) is 24.7 Å². The molecule has 2 aromatic heterocycles. The van der Waals surface area contributed by atoms with Gasteiger partial charge < -0.3 is 24.0 Å². The number of pyridine rings is 2. The first kappa shape index (κ1) is 33.1. The Balaban J connectivity index is 1.28. The van der Waals surface area contributed by atoms with Crippen LogP contribution in [0.5, 0.6) is 11.5 Å². The van der Waals surface area contributed by atoms with Crippen molar-refractivity contribution in [1.82, 2.24) is 19.4 Å². The molecule has 0 unspecified atom stereocenters. The fourth-order valence-electron chi connectivity index (χ4n) is 5.75. The molecule has 248 valence electrons. The number of rotatable bonds is 10. The number of benzene rings is 1. The molecule has 3 heterocycles. The van der Waals surface area contributed by atoms with Crippen LogP contribution < -0.4 is 15.0 Å². The topological polar surface area (TPSA) is 103 Å². The Kier molecular flexibility index (Phi) is 9.50. The molecule has 5 rings (SSSR count). The van der Waals surface area contributed by atoms with Crippen molar-refractivity contribution in [2.75, 3.05) is 33.9 Å². The van der Waals surface area contributed by atoms with Crippen LogP contribution in [0.1, 0.15) is 66.9 Å². The Morgan fingerprint density at radius 2 is 1.87 bits per heavy atom. The van der Waals surface area contributed by atoms with Crippen LogP contribution in [-0.4, -0.2) is 70.8 Å². The molecule has 0 bridgehead atoms. The number of fused-ring (bicyclic) bond motifs is 1. The van der Waals surface area contributed by atoms with Gasteiger partial charge in [0.25, 0.3) is 11.5 Å². The smallest absolute Gasteiger partial charge is 0.416 e. The van der Waals surface area contributed by atoms with E-state index in [4.69, 9.17) is 14.2 Å². The Hall–Kier alpha value is -4.29. The van der Waals surface area contributed by atoms with Gasteiger partial charge in [0.15, 0.2) is 0 Å².